The summed E-state index contributed by atoms with van der Waals surface area (Å²) in [5.41, 5.74) is 1.36. The highest BCUT2D eigenvalue weighted by Crippen LogP contribution is 2.21. The molecule has 0 amide bonds. The summed E-state index contributed by atoms with van der Waals surface area (Å²) in [6.07, 6.45) is 2.57. The van der Waals surface area contributed by atoms with Crippen molar-refractivity contribution in [3.8, 4) is 5.75 Å². The maximum atomic E-state index is 5.22. The maximum Gasteiger partial charge on any atom is 0.118 e. The van der Waals surface area contributed by atoms with Gasteiger partial charge in [0, 0.05) is 31.2 Å². The second-order valence-electron chi connectivity index (χ2n) is 6.22. The van der Waals surface area contributed by atoms with E-state index in [1.807, 2.05) is 12.1 Å². The molecule has 1 aromatic rings. The SMILES string of the molecule is COc1ccc(CN2CC(NC(C)C)CCC2C)cc1. The largest absolute Gasteiger partial charge is 0.497 e. The zero-order valence-corrected chi connectivity index (χ0v) is 13.2. The smallest absolute Gasteiger partial charge is 0.118 e. The lowest BCUT2D eigenvalue weighted by Gasteiger charge is -2.39. The molecular formula is C17H28N2O. The van der Waals surface area contributed by atoms with Crippen molar-refractivity contribution >= 4 is 0 Å². The molecule has 2 rings (SSSR count). The van der Waals surface area contributed by atoms with Crippen molar-refractivity contribution in [2.75, 3.05) is 13.7 Å². The van der Waals surface area contributed by atoms with Crippen LogP contribution in [-0.4, -0.2) is 36.7 Å². The van der Waals surface area contributed by atoms with Crippen molar-refractivity contribution in [3.05, 3.63) is 29.8 Å². The minimum atomic E-state index is 0.566. The number of rotatable bonds is 5. The molecule has 1 heterocycles. The van der Waals surface area contributed by atoms with Gasteiger partial charge in [0.05, 0.1) is 7.11 Å². The molecule has 0 bridgehead atoms. The molecule has 3 heteroatoms. The Hall–Kier alpha value is -1.06. The van der Waals surface area contributed by atoms with Crippen LogP contribution in [0, 0.1) is 0 Å². The average Bonchev–Trinajstić information content (AvgIpc) is 2.43. The maximum absolute atomic E-state index is 5.22. The van der Waals surface area contributed by atoms with E-state index in [1.54, 1.807) is 7.11 Å². The van der Waals surface area contributed by atoms with Crippen LogP contribution in [0.5, 0.6) is 5.75 Å². The topological polar surface area (TPSA) is 24.5 Å². The normalized spacial score (nSPS) is 24.1. The predicted octanol–water partition coefficient (Wildman–Crippen LogP) is 3.05. The molecule has 1 saturated heterocycles. The second kappa shape index (κ2) is 7.09. The van der Waals surface area contributed by atoms with E-state index in [4.69, 9.17) is 4.74 Å². The molecule has 3 nitrogen and oxygen atoms in total. The molecule has 112 valence electrons. The van der Waals surface area contributed by atoms with Crippen molar-refractivity contribution in [3.63, 3.8) is 0 Å². The Kier molecular flexibility index (Phi) is 5.44. The Morgan fingerprint density at radius 1 is 1.25 bits per heavy atom. The molecule has 2 unspecified atom stereocenters. The van der Waals surface area contributed by atoms with Gasteiger partial charge in [0.15, 0.2) is 0 Å². The number of hydrogen-bond acceptors (Lipinski definition) is 3. The van der Waals surface area contributed by atoms with Crippen LogP contribution in [0.2, 0.25) is 0 Å². The van der Waals surface area contributed by atoms with Crippen LogP contribution in [0.25, 0.3) is 0 Å². The molecule has 1 fully saturated rings. The molecule has 1 aliphatic rings. The summed E-state index contributed by atoms with van der Waals surface area (Å²) in [4.78, 5) is 2.59. The Balaban J connectivity index is 1.94. The third-order valence-corrected chi connectivity index (χ3v) is 4.12. The van der Waals surface area contributed by atoms with Gasteiger partial charge in [-0.1, -0.05) is 26.0 Å². The monoisotopic (exact) mass is 276 g/mol. The highest BCUT2D eigenvalue weighted by Gasteiger charge is 2.25. The highest BCUT2D eigenvalue weighted by atomic mass is 16.5. The van der Waals surface area contributed by atoms with E-state index >= 15 is 0 Å². The third-order valence-electron chi connectivity index (χ3n) is 4.12. The number of methoxy groups -OCH3 is 1. The van der Waals surface area contributed by atoms with E-state index in [9.17, 15) is 0 Å². The molecule has 1 aliphatic heterocycles. The molecule has 0 aromatic heterocycles. The minimum absolute atomic E-state index is 0.566. The van der Waals surface area contributed by atoms with Crippen molar-refractivity contribution in [1.82, 2.24) is 10.2 Å². The van der Waals surface area contributed by atoms with Crippen LogP contribution in [0.15, 0.2) is 24.3 Å². The van der Waals surface area contributed by atoms with E-state index < -0.39 is 0 Å². The van der Waals surface area contributed by atoms with Crippen LogP contribution >= 0.6 is 0 Å². The van der Waals surface area contributed by atoms with Gasteiger partial charge in [0.25, 0.3) is 0 Å². The summed E-state index contributed by atoms with van der Waals surface area (Å²) >= 11 is 0. The number of benzene rings is 1. The number of nitrogens with zero attached hydrogens (tertiary/aromatic N) is 1. The number of piperidine rings is 1. The molecule has 0 saturated carbocycles. The number of ether oxygens (including phenoxy) is 1. The summed E-state index contributed by atoms with van der Waals surface area (Å²) < 4.78 is 5.22. The molecular weight excluding hydrogens is 248 g/mol. The lowest BCUT2D eigenvalue weighted by atomic mass is 9.98. The Labute approximate surface area is 123 Å². The van der Waals surface area contributed by atoms with Gasteiger partial charge in [-0.25, -0.2) is 0 Å². The molecule has 0 spiro atoms. The van der Waals surface area contributed by atoms with Crippen LogP contribution < -0.4 is 10.1 Å². The van der Waals surface area contributed by atoms with Gasteiger partial charge in [0.1, 0.15) is 5.75 Å². The van der Waals surface area contributed by atoms with Gasteiger partial charge in [-0.05, 0) is 37.5 Å². The molecule has 1 aromatic carbocycles. The van der Waals surface area contributed by atoms with Crippen molar-refractivity contribution < 1.29 is 4.74 Å². The Bertz CT molecular complexity index is 402. The first-order chi connectivity index (χ1) is 9.58. The lowest BCUT2D eigenvalue weighted by Crippen LogP contribution is -2.50. The number of nitrogens with one attached hydrogen (secondary N) is 1. The quantitative estimate of drug-likeness (QED) is 0.894. The van der Waals surface area contributed by atoms with E-state index in [1.165, 1.54) is 18.4 Å². The fourth-order valence-electron chi connectivity index (χ4n) is 2.97. The van der Waals surface area contributed by atoms with E-state index in [0.29, 0.717) is 18.1 Å². The highest BCUT2D eigenvalue weighted by molar-refractivity contribution is 5.27. The van der Waals surface area contributed by atoms with E-state index in [0.717, 1.165) is 18.8 Å². The molecule has 20 heavy (non-hydrogen) atoms. The fourth-order valence-corrected chi connectivity index (χ4v) is 2.97. The molecule has 0 aliphatic carbocycles. The first kappa shape index (κ1) is 15.3. The Morgan fingerprint density at radius 2 is 1.95 bits per heavy atom. The lowest BCUT2D eigenvalue weighted by molar-refractivity contribution is 0.121. The zero-order valence-electron chi connectivity index (χ0n) is 13.2. The van der Waals surface area contributed by atoms with Crippen LogP contribution in [0.1, 0.15) is 39.2 Å². The van der Waals surface area contributed by atoms with Gasteiger partial charge < -0.3 is 10.1 Å². The van der Waals surface area contributed by atoms with Crippen LogP contribution in [0.4, 0.5) is 0 Å². The molecule has 2 atom stereocenters. The predicted molar refractivity (Wildman–Crippen MR) is 84.2 cm³/mol. The van der Waals surface area contributed by atoms with Gasteiger partial charge in [-0.2, -0.15) is 0 Å². The summed E-state index contributed by atoms with van der Waals surface area (Å²) in [6.45, 7) is 8.97. The van der Waals surface area contributed by atoms with Crippen molar-refractivity contribution in [2.45, 2.75) is 58.3 Å². The van der Waals surface area contributed by atoms with Gasteiger partial charge >= 0.3 is 0 Å². The second-order valence-corrected chi connectivity index (χ2v) is 6.22. The first-order valence-electron chi connectivity index (χ1n) is 7.71. The van der Waals surface area contributed by atoms with Crippen LogP contribution in [-0.2, 0) is 6.54 Å². The summed E-state index contributed by atoms with van der Waals surface area (Å²) in [5.74, 6) is 0.930. The van der Waals surface area contributed by atoms with E-state index in [2.05, 4.69) is 43.1 Å². The summed E-state index contributed by atoms with van der Waals surface area (Å²) in [7, 11) is 1.71. The van der Waals surface area contributed by atoms with Crippen LogP contribution in [0.3, 0.4) is 0 Å². The third kappa shape index (κ3) is 4.22. The van der Waals surface area contributed by atoms with Crippen molar-refractivity contribution in [2.24, 2.45) is 0 Å². The Morgan fingerprint density at radius 3 is 2.55 bits per heavy atom. The van der Waals surface area contributed by atoms with E-state index in [-0.39, 0.29) is 0 Å². The zero-order chi connectivity index (χ0) is 14.5. The van der Waals surface area contributed by atoms with Gasteiger partial charge in [-0.15, -0.1) is 0 Å². The number of likely N-dealkylation sites (tertiary alicyclic amines) is 1. The number of hydrogen-bond donors (Lipinski definition) is 1. The minimum Gasteiger partial charge on any atom is -0.497 e. The summed E-state index contributed by atoms with van der Waals surface area (Å²) in [6, 6.07) is 10.3. The fraction of sp³-hybridized carbons (Fsp3) is 0.647. The van der Waals surface area contributed by atoms with Gasteiger partial charge in [-0.3, -0.25) is 4.90 Å². The average molecular weight is 276 g/mol. The van der Waals surface area contributed by atoms with Gasteiger partial charge in [0.2, 0.25) is 0 Å². The first-order valence-corrected chi connectivity index (χ1v) is 7.71. The molecule has 0 radical (unpaired) electrons. The summed E-state index contributed by atoms with van der Waals surface area (Å²) in [5, 5.41) is 3.67. The van der Waals surface area contributed by atoms with Crippen molar-refractivity contribution in [1.29, 1.82) is 0 Å². The molecule has 1 N–H and O–H groups in total. The standard InChI is InChI=1S/C17H28N2O/c1-13(2)18-16-8-5-14(3)19(12-16)11-15-6-9-17(20-4)10-7-15/h6-7,9-10,13-14,16,18H,5,8,11-12H2,1-4H3.